The van der Waals surface area contributed by atoms with Gasteiger partial charge >= 0.3 is 0 Å². The maximum atomic E-state index is 12.6. The van der Waals surface area contributed by atoms with Gasteiger partial charge in [0.1, 0.15) is 5.92 Å². The highest BCUT2D eigenvalue weighted by atomic mass is 35.5. The second kappa shape index (κ2) is 5.35. The Bertz CT molecular complexity index is 865. The first-order valence-corrected chi connectivity index (χ1v) is 6.56. The number of nitriles is 1. The zero-order valence-corrected chi connectivity index (χ0v) is 11.5. The number of rotatable bonds is 3. The first kappa shape index (κ1) is 13.3. The molecule has 0 aliphatic heterocycles. The first-order valence-electron chi connectivity index (χ1n) is 6.18. The summed E-state index contributed by atoms with van der Waals surface area (Å²) in [5.74, 6) is -1.31. The van der Waals surface area contributed by atoms with Crippen molar-refractivity contribution in [1.29, 1.82) is 5.26 Å². The molecule has 1 aromatic carbocycles. The van der Waals surface area contributed by atoms with Crippen molar-refractivity contribution >= 4 is 22.9 Å². The second-order valence-corrected chi connectivity index (χ2v) is 4.82. The number of benzene rings is 1. The van der Waals surface area contributed by atoms with Crippen LogP contribution < -0.4 is 0 Å². The molecule has 1 unspecified atom stereocenters. The van der Waals surface area contributed by atoms with Crippen LogP contribution in [0, 0.1) is 11.3 Å². The summed E-state index contributed by atoms with van der Waals surface area (Å²) in [7, 11) is 0. The molecule has 2 heterocycles. The molecule has 0 amide bonds. The molecule has 0 bridgehead atoms. The number of fused-ring (bicyclic) bond motifs is 1. The zero-order chi connectivity index (χ0) is 14.8. The molecule has 21 heavy (non-hydrogen) atoms. The van der Waals surface area contributed by atoms with Crippen LogP contribution in [0.3, 0.4) is 0 Å². The van der Waals surface area contributed by atoms with E-state index in [9.17, 15) is 10.1 Å². The predicted octanol–water partition coefficient (Wildman–Crippen LogP) is 2.87. The number of Topliss-reactive ketones (excluding diaryl/α,β-unsaturated/α-hetero) is 1. The van der Waals surface area contributed by atoms with E-state index < -0.39 is 5.92 Å². The van der Waals surface area contributed by atoms with E-state index in [0.29, 0.717) is 21.7 Å². The van der Waals surface area contributed by atoms with E-state index in [4.69, 9.17) is 11.6 Å². The monoisotopic (exact) mass is 296 g/mol. The number of carbonyl (C=O) groups excluding carboxylic acids is 1. The van der Waals surface area contributed by atoms with E-state index in [0.717, 1.165) is 0 Å². The van der Waals surface area contributed by atoms with Crippen molar-refractivity contribution in [3.8, 4) is 6.07 Å². The molecule has 5 nitrogen and oxygen atoms in total. The topological polar surface area (TPSA) is 71.0 Å². The molecule has 0 aliphatic rings. The lowest BCUT2D eigenvalue weighted by molar-refractivity contribution is 0.0980. The summed E-state index contributed by atoms with van der Waals surface area (Å²) < 4.78 is 1.54. The van der Waals surface area contributed by atoms with Crippen molar-refractivity contribution in [2.24, 2.45) is 0 Å². The molecule has 0 radical (unpaired) electrons. The smallest absolute Gasteiger partial charge is 0.188 e. The van der Waals surface area contributed by atoms with Crippen LogP contribution in [0.4, 0.5) is 0 Å². The highest BCUT2D eigenvalue weighted by molar-refractivity contribution is 6.32. The fraction of sp³-hybridized carbons (Fsp3) is 0.0667. The Morgan fingerprint density at radius 1 is 1.33 bits per heavy atom. The van der Waals surface area contributed by atoms with Crippen LogP contribution in [0.2, 0.25) is 5.02 Å². The quantitative estimate of drug-likeness (QED) is 0.697. The van der Waals surface area contributed by atoms with E-state index in [1.54, 1.807) is 47.4 Å². The number of aromatic nitrogens is 3. The maximum absolute atomic E-state index is 12.6. The average molecular weight is 297 g/mol. The summed E-state index contributed by atoms with van der Waals surface area (Å²) in [6.07, 6.45) is 6.20. The van der Waals surface area contributed by atoms with Gasteiger partial charge in [-0.3, -0.25) is 9.78 Å². The minimum absolute atomic E-state index is 0.339. The van der Waals surface area contributed by atoms with Gasteiger partial charge in [0.2, 0.25) is 0 Å². The Kier molecular flexibility index (Phi) is 3.38. The van der Waals surface area contributed by atoms with Crippen LogP contribution in [0.5, 0.6) is 0 Å². The van der Waals surface area contributed by atoms with Crippen molar-refractivity contribution in [3.63, 3.8) is 0 Å². The Hall–Kier alpha value is -2.71. The van der Waals surface area contributed by atoms with Crippen LogP contribution >= 0.6 is 11.6 Å². The Morgan fingerprint density at radius 2 is 2.14 bits per heavy atom. The third-order valence-corrected chi connectivity index (χ3v) is 3.54. The summed E-state index contributed by atoms with van der Waals surface area (Å²) in [4.78, 5) is 16.6. The van der Waals surface area contributed by atoms with Crippen LogP contribution in [-0.4, -0.2) is 20.4 Å². The van der Waals surface area contributed by atoms with Crippen LogP contribution in [-0.2, 0) is 0 Å². The van der Waals surface area contributed by atoms with Gasteiger partial charge in [0.05, 0.1) is 29.5 Å². The summed E-state index contributed by atoms with van der Waals surface area (Å²) in [6, 6.07) is 8.86. The lowest BCUT2D eigenvalue weighted by atomic mass is 9.92. The standard InChI is InChI=1S/C15H9ClN4O/c16-13-4-2-1-3-10(13)11(7-17)15(21)12-8-19-20-6-5-18-9-14(12)20/h1-6,8-9,11H. The van der Waals surface area contributed by atoms with Crippen LogP contribution in [0.25, 0.3) is 5.52 Å². The molecule has 0 saturated carbocycles. The number of hydrogen-bond acceptors (Lipinski definition) is 4. The minimum Gasteiger partial charge on any atom is -0.292 e. The maximum Gasteiger partial charge on any atom is 0.188 e. The second-order valence-electron chi connectivity index (χ2n) is 4.41. The third kappa shape index (κ3) is 2.26. The van der Waals surface area contributed by atoms with E-state index in [1.807, 2.05) is 6.07 Å². The Morgan fingerprint density at radius 3 is 2.90 bits per heavy atom. The molecule has 3 aromatic rings. The minimum atomic E-state index is -0.966. The van der Waals surface area contributed by atoms with Gasteiger partial charge in [-0.05, 0) is 11.6 Å². The van der Waals surface area contributed by atoms with E-state index in [2.05, 4.69) is 10.1 Å². The molecule has 0 aliphatic carbocycles. The molecule has 1 atom stereocenters. The average Bonchev–Trinajstić information content (AvgIpc) is 2.93. The Labute approximate surface area is 125 Å². The summed E-state index contributed by atoms with van der Waals surface area (Å²) in [6.45, 7) is 0. The molecular formula is C15H9ClN4O. The van der Waals surface area contributed by atoms with Gasteiger partial charge in [0.25, 0.3) is 0 Å². The van der Waals surface area contributed by atoms with Crippen molar-refractivity contribution in [3.05, 3.63) is 65.2 Å². The number of hydrogen-bond donors (Lipinski definition) is 0. The van der Waals surface area contributed by atoms with Crippen molar-refractivity contribution < 1.29 is 4.79 Å². The molecule has 102 valence electrons. The molecule has 0 saturated heterocycles. The van der Waals surface area contributed by atoms with Gasteiger partial charge in [0, 0.05) is 17.4 Å². The number of halogens is 1. The first-order chi connectivity index (χ1) is 10.2. The molecule has 3 rings (SSSR count). The van der Waals surface area contributed by atoms with Crippen molar-refractivity contribution in [1.82, 2.24) is 14.6 Å². The number of nitrogens with zero attached hydrogens (tertiary/aromatic N) is 4. The number of ketones is 1. The third-order valence-electron chi connectivity index (χ3n) is 3.20. The summed E-state index contributed by atoms with van der Waals surface area (Å²) in [5, 5.41) is 13.9. The van der Waals surface area contributed by atoms with Gasteiger partial charge in [-0.1, -0.05) is 29.8 Å². The number of carbonyl (C=O) groups is 1. The fourth-order valence-corrected chi connectivity index (χ4v) is 2.40. The lowest BCUT2D eigenvalue weighted by Gasteiger charge is -2.09. The van der Waals surface area contributed by atoms with E-state index >= 15 is 0 Å². The summed E-state index contributed by atoms with van der Waals surface area (Å²) in [5.41, 5.74) is 1.42. The van der Waals surface area contributed by atoms with Gasteiger partial charge in [-0.2, -0.15) is 10.4 Å². The molecule has 6 heteroatoms. The molecule has 0 spiro atoms. The van der Waals surface area contributed by atoms with E-state index in [-0.39, 0.29) is 5.78 Å². The van der Waals surface area contributed by atoms with Gasteiger partial charge < -0.3 is 0 Å². The molecule has 0 N–H and O–H groups in total. The van der Waals surface area contributed by atoms with Crippen LogP contribution in [0.1, 0.15) is 21.8 Å². The Balaban J connectivity index is 2.08. The summed E-state index contributed by atoms with van der Waals surface area (Å²) >= 11 is 6.08. The lowest BCUT2D eigenvalue weighted by Crippen LogP contribution is -2.11. The highest BCUT2D eigenvalue weighted by Gasteiger charge is 2.26. The molecule has 0 fully saturated rings. The van der Waals surface area contributed by atoms with Gasteiger partial charge in [-0.25, -0.2) is 4.52 Å². The van der Waals surface area contributed by atoms with Gasteiger partial charge in [0.15, 0.2) is 5.78 Å². The molecular weight excluding hydrogens is 288 g/mol. The van der Waals surface area contributed by atoms with E-state index in [1.165, 1.54) is 6.20 Å². The SMILES string of the molecule is N#CC(C(=O)c1cnn2ccncc12)c1ccccc1Cl. The van der Waals surface area contributed by atoms with Crippen molar-refractivity contribution in [2.75, 3.05) is 0 Å². The largest absolute Gasteiger partial charge is 0.292 e. The zero-order valence-electron chi connectivity index (χ0n) is 10.8. The molecule has 2 aromatic heterocycles. The fourth-order valence-electron chi connectivity index (χ4n) is 2.16. The van der Waals surface area contributed by atoms with Crippen LogP contribution in [0.15, 0.2) is 49.1 Å². The van der Waals surface area contributed by atoms with Gasteiger partial charge in [-0.15, -0.1) is 0 Å². The predicted molar refractivity (Wildman–Crippen MR) is 77.1 cm³/mol. The highest BCUT2D eigenvalue weighted by Crippen LogP contribution is 2.28. The van der Waals surface area contributed by atoms with Crippen molar-refractivity contribution in [2.45, 2.75) is 5.92 Å². The normalized spacial score (nSPS) is 12.0.